The van der Waals surface area contributed by atoms with Crippen molar-refractivity contribution in [3.63, 3.8) is 0 Å². The normalized spacial score (nSPS) is 10.9. The van der Waals surface area contributed by atoms with Crippen LogP contribution in [0.25, 0.3) is 6.08 Å². The number of ether oxygens (including phenoxy) is 1. The summed E-state index contributed by atoms with van der Waals surface area (Å²) in [4.78, 5) is 13.3. The molecule has 0 aromatic carbocycles. The molecule has 0 radical (unpaired) electrons. The van der Waals surface area contributed by atoms with Crippen LogP contribution in [0.2, 0.25) is 0 Å². The van der Waals surface area contributed by atoms with E-state index < -0.39 is 0 Å². The lowest BCUT2D eigenvalue weighted by Crippen LogP contribution is -2.26. The van der Waals surface area contributed by atoms with Gasteiger partial charge in [0.15, 0.2) is 0 Å². The zero-order valence-electron chi connectivity index (χ0n) is 9.68. The van der Waals surface area contributed by atoms with Crippen LogP contribution in [0.3, 0.4) is 0 Å². The Bertz CT molecular complexity index is 333. The molecule has 0 aliphatic rings. The van der Waals surface area contributed by atoms with Crippen molar-refractivity contribution in [1.82, 2.24) is 4.90 Å². The molecule has 0 N–H and O–H groups in total. The van der Waals surface area contributed by atoms with Gasteiger partial charge in [0.2, 0.25) is 5.91 Å². The molecule has 0 atom stereocenters. The van der Waals surface area contributed by atoms with Gasteiger partial charge in [0.1, 0.15) is 0 Å². The lowest BCUT2D eigenvalue weighted by molar-refractivity contribution is -0.124. The number of methoxy groups -OCH3 is 1. The first-order valence-electron chi connectivity index (χ1n) is 5.18. The van der Waals surface area contributed by atoms with Crippen molar-refractivity contribution in [1.29, 1.82) is 0 Å². The molecule has 0 fully saturated rings. The minimum Gasteiger partial charge on any atom is -0.385 e. The van der Waals surface area contributed by atoms with Crippen molar-refractivity contribution < 1.29 is 9.53 Å². The molecule has 0 saturated heterocycles. The Morgan fingerprint density at radius 3 is 3.06 bits per heavy atom. The molecular formula is C12H17NO2S. The molecular weight excluding hydrogens is 222 g/mol. The van der Waals surface area contributed by atoms with Gasteiger partial charge in [-0.2, -0.15) is 11.3 Å². The number of thiophene rings is 1. The molecule has 1 amide bonds. The average molecular weight is 239 g/mol. The van der Waals surface area contributed by atoms with Gasteiger partial charge in [0, 0.05) is 33.4 Å². The zero-order chi connectivity index (χ0) is 11.8. The van der Waals surface area contributed by atoms with Gasteiger partial charge in [-0.05, 0) is 34.9 Å². The molecule has 0 unspecified atom stereocenters. The van der Waals surface area contributed by atoms with Crippen LogP contribution in [-0.2, 0) is 9.53 Å². The molecule has 0 saturated carbocycles. The number of hydrogen-bond acceptors (Lipinski definition) is 3. The maximum Gasteiger partial charge on any atom is 0.246 e. The summed E-state index contributed by atoms with van der Waals surface area (Å²) in [6.07, 6.45) is 4.31. The smallest absolute Gasteiger partial charge is 0.246 e. The van der Waals surface area contributed by atoms with Crippen molar-refractivity contribution in [3.05, 3.63) is 28.5 Å². The molecule has 1 heterocycles. The van der Waals surface area contributed by atoms with Crippen LogP contribution in [0.1, 0.15) is 12.0 Å². The quantitative estimate of drug-likeness (QED) is 0.563. The van der Waals surface area contributed by atoms with Gasteiger partial charge in [-0.25, -0.2) is 0 Å². The van der Waals surface area contributed by atoms with E-state index in [1.807, 2.05) is 22.9 Å². The summed E-state index contributed by atoms with van der Waals surface area (Å²) < 4.78 is 4.94. The lowest BCUT2D eigenvalue weighted by Gasteiger charge is -2.14. The highest BCUT2D eigenvalue weighted by Gasteiger charge is 2.03. The van der Waals surface area contributed by atoms with E-state index in [1.165, 1.54) is 0 Å². The van der Waals surface area contributed by atoms with E-state index >= 15 is 0 Å². The maximum absolute atomic E-state index is 11.6. The summed E-state index contributed by atoms with van der Waals surface area (Å²) in [5, 5.41) is 4.00. The molecule has 1 aromatic rings. The summed E-state index contributed by atoms with van der Waals surface area (Å²) in [7, 11) is 3.47. The van der Waals surface area contributed by atoms with E-state index in [0.29, 0.717) is 6.61 Å². The van der Waals surface area contributed by atoms with Crippen LogP contribution >= 0.6 is 11.3 Å². The SMILES string of the molecule is COCCCN(C)C(=O)/C=C/c1ccsc1. The number of hydrogen-bond donors (Lipinski definition) is 0. The van der Waals surface area contributed by atoms with Crippen LogP contribution < -0.4 is 0 Å². The number of carbonyl (C=O) groups is 1. The van der Waals surface area contributed by atoms with Crippen molar-refractivity contribution in [2.24, 2.45) is 0 Å². The third kappa shape index (κ3) is 4.59. The Balaban J connectivity index is 2.34. The summed E-state index contributed by atoms with van der Waals surface area (Å²) in [5.41, 5.74) is 1.07. The monoisotopic (exact) mass is 239 g/mol. The van der Waals surface area contributed by atoms with E-state index in [2.05, 4.69) is 0 Å². The first-order chi connectivity index (χ1) is 7.74. The first kappa shape index (κ1) is 12.9. The van der Waals surface area contributed by atoms with Gasteiger partial charge >= 0.3 is 0 Å². The number of likely N-dealkylation sites (N-methyl/N-ethyl adjacent to an activating group) is 1. The Labute approximate surface area is 100 Å². The molecule has 0 spiro atoms. The standard InChI is InChI=1S/C12H17NO2S/c1-13(7-3-8-15-2)12(14)5-4-11-6-9-16-10-11/h4-6,9-10H,3,7-8H2,1-2H3/b5-4+. The molecule has 0 aliphatic carbocycles. The molecule has 0 bridgehead atoms. The van der Waals surface area contributed by atoms with Crippen LogP contribution in [0.15, 0.2) is 22.9 Å². The lowest BCUT2D eigenvalue weighted by atomic mass is 10.3. The second-order valence-electron chi connectivity index (χ2n) is 3.50. The Morgan fingerprint density at radius 1 is 1.62 bits per heavy atom. The van der Waals surface area contributed by atoms with Crippen molar-refractivity contribution in [2.45, 2.75) is 6.42 Å². The second-order valence-corrected chi connectivity index (χ2v) is 4.28. The molecule has 4 heteroatoms. The van der Waals surface area contributed by atoms with Crippen molar-refractivity contribution >= 4 is 23.3 Å². The first-order valence-corrected chi connectivity index (χ1v) is 6.12. The van der Waals surface area contributed by atoms with E-state index in [9.17, 15) is 4.79 Å². The summed E-state index contributed by atoms with van der Waals surface area (Å²) in [5.74, 6) is 0.0299. The molecule has 1 aromatic heterocycles. The van der Waals surface area contributed by atoms with Crippen LogP contribution in [-0.4, -0.2) is 38.1 Å². The number of nitrogens with zero attached hydrogens (tertiary/aromatic N) is 1. The fraction of sp³-hybridized carbons (Fsp3) is 0.417. The largest absolute Gasteiger partial charge is 0.385 e. The molecule has 16 heavy (non-hydrogen) atoms. The Hall–Kier alpha value is -1.13. The fourth-order valence-corrected chi connectivity index (χ4v) is 1.85. The Kier molecular flexibility index (Phi) is 5.82. The van der Waals surface area contributed by atoms with Gasteiger partial charge in [-0.1, -0.05) is 0 Å². The van der Waals surface area contributed by atoms with Gasteiger partial charge in [-0.15, -0.1) is 0 Å². The minimum absolute atomic E-state index is 0.0299. The third-order valence-corrected chi connectivity index (χ3v) is 2.88. The van der Waals surface area contributed by atoms with E-state index in [-0.39, 0.29) is 5.91 Å². The van der Waals surface area contributed by atoms with Crippen LogP contribution in [0.4, 0.5) is 0 Å². The predicted molar refractivity (Wildman–Crippen MR) is 67.5 cm³/mol. The fourth-order valence-electron chi connectivity index (χ4n) is 1.22. The summed E-state index contributed by atoms with van der Waals surface area (Å²) in [6, 6.07) is 1.99. The number of carbonyl (C=O) groups excluding carboxylic acids is 1. The average Bonchev–Trinajstić information content (AvgIpc) is 2.79. The van der Waals surface area contributed by atoms with E-state index in [1.54, 1.807) is 36.5 Å². The topological polar surface area (TPSA) is 29.5 Å². The van der Waals surface area contributed by atoms with Crippen LogP contribution in [0.5, 0.6) is 0 Å². The minimum atomic E-state index is 0.0299. The van der Waals surface area contributed by atoms with Gasteiger partial charge in [0.25, 0.3) is 0 Å². The highest BCUT2D eigenvalue weighted by molar-refractivity contribution is 7.08. The van der Waals surface area contributed by atoms with E-state index in [4.69, 9.17) is 4.74 Å². The van der Waals surface area contributed by atoms with Gasteiger partial charge in [-0.3, -0.25) is 4.79 Å². The highest BCUT2D eigenvalue weighted by atomic mass is 32.1. The van der Waals surface area contributed by atoms with Gasteiger partial charge < -0.3 is 9.64 Å². The second kappa shape index (κ2) is 7.19. The molecule has 3 nitrogen and oxygen atoms in total. The Morgan fingerprint density at radius 2 is 2.44 bits per heavy atom. The zero-order valence-corrected chi connectivity index (χ0v) is 10.5. The van der Waals surface area contributed by atoms with Crippen LogP contribution in [0, 0.1) is 0 Å². The highest BCUT2D eigenvalue weighted by Crippen LogP contribution is 2.07. The summed E-state index contributed by atoms with van der Waals surface area (Å²) >= 11 is 1.62. The molecule has 88 valence electrons. The number of amides is 1. The molecule has 1 rings (SSSR count). The maximum atomic E-state index is 11.6. The number of rotatable bonds is 6. The van der Waals surface area contributed by atoms with E-state index in [0.717, 1.165) is 18.5 Å². The predicted octanol–water partition coefficient (Wildman–Crippen LogP) is 2.26. The summed E-state index contributed by atoms with van der Waals surface area (Å²) in [6.45, 7) is 1.41. The molecule has 0 aliphatic heterocycles. The third-order valence-electron chi connectivity index (χ3n) is 2.18. The van der Waals surface area contributed by atoms with Gasteiger partial charge in [0.05, 0.1) is 0 Å². The van der Waals surface area contributed by atoms with Crippen molar-refractivity contribution in [3.8, 4) is 0 Å². The van der Waals surface area contributed by atoms with Crippen molar-refractivity contribution in [2.75, 3.05) is 27.3 Å².